The van der Waals surface area contributed by atoms with Crippen LogP contribution in [0, 0.1) is 5.82 Å². The minimum absolute atomic E-state index is 0.0668. The molecule has 1 heterocycles. The van der Waals surface area contributed by atoms with Crippen molar-refractivity contribution in [2.75, 3.05) is 7.05 Å². The number of aromatic nitrogens is 1. The van der Waals surface area contributed by atoms with Crippen LogP contribution >= 0.6 is 11.6 Å². The molecule has 0 fully saturated rings. The minimum atomic E-state index is -4.72. The van der Waals surface area contributed by atoms with Crippen molar-refractivity contribution in [1.29, 1.82) is 0 Å². The average molecular weight is 498 g/mol. The molecule has 3 aromatic rings. The van der Waals surface area contributed by atoms with Crippen LogP contribution in [0.2, 0.25) is 5.02 Å². The molecule has 2 N–H and O–H groups in total. The number of nitrogens with one attached hydrogen (secondary N) is 2. The van der Waals surface area contributed by atoms with Crippen LogP contribution < -0.4 is 20.1 Å². The smallest absolute Gasteiger partial charge is 0.417 e. The lowest BCUT2D eigenvalue weighted by Crippen LogP contribution is -2.26. The number of amides is 2. The van der Waals surface area contributed by atoms with Gasteiger partial charge in [-0.1, -0.05) is 17.7 Å². The molecule has 3 rings (SSSR count). The molecular formula is C22H16ClF4N3O4. The van der Waals surface area contributed by atoms with E-state index < -0.39 is 34.6 Å². The third-order valence-corrected chi connectivity index (χ3v) is 4.66. The predicted molar refractivity (Wildman–Crippen MR) is 113 cm³/mol. The lowest BCUT2D eigenvalue weighted by atomic mass is 10.2. The number of ether oxygens (including phenoxy) is 2. The lowest BCUT2D eigenvalue weighted by molar-refractivity contribution is -0.137. The van der Waals surface area contributed by atoms with Crippen LogP contribution in [0.3, 0.4) is 0 Å². The third-order valence-electron chi connectivity index (χ3n) is 4.33. The lowest BCUT2D eigenvalue weighted by Gasteiger charge is -2.12. The summed E-state index contributed by atoms with van der Waals surface area (Å²) in [7, 11) is 1.45. The fraction of sp³-hybridized carbons (Fsp3) is 0.136. The van der Waals surface area contributed by atoms with E-state index in [1.165, 1.54) is 37.5 Å². The fourth-order valence-electron chi connectivity index (χ4n) is 2.69. The van der Waals surface area contributed by atoms with E-state index in [1.807, 2.05) is 0 Å². The highest BCUT2D eigenvalue weighted by atomic mass is 35.5. The van der Waals surface area contributed by atoms with Gasteiger partial charge in [-0.3, -0.25) is 9.78 Å². The molecule has 12 heteroatoms. The molecule has 2 aromatic carbocycles. The zero-order chi connectivity index (χ0) is 24.9. The van der Waals surface area contributed by atoms with Crippen molar-refractivity contribution in [2.45, 2.75) is 12.7 Å². The summed E-state index contributed by atoms with van der Waals surface area (Å²) in [6.07, 6.45) is -4.45. The Morgan fingerprint density at radius 1 is 1.03 bits per heavy atom. The van der Waals surface area contributed by atoms with E-state index in [0.29, 0.717) is 6.07 Å². The second-order valence-electron chi connectivity index (χ2n) is 6.69. The summed E-state index contributed by atoms with van der Waals surface area (Å²) in [6, 6.07) is 9.33. The topological polar surface area (TPSA) is 89.6 Å². The van der Waals surface area contributed by atoms with Gasteiger partial charge in [0.15, 0.2) is 0 Å². The maximum Gasteiger partial charge on any atom is 0.417 e. The van der Waals surface area contributed by atoms with Crippen LogP contribution in [0.25, 0.3) is 0 Å². The molecule has 0 unspecified atom stereocenters. The second kappa shape index (κ2) is 10.4. The van der Waals surface area contributed by atoms with Crippen molar-refractivity contribution in [3.63, 3.8) is 0 Å². The molecule has 178 valence electrons. The normalized spacial score (nSPS) is 11.0. The predicted octanol–water partition coefficient (Wildman–Crippen LogP) is 5.33. The third kappa shape index (κ3) is 6.35. The van der Waals surface area contributed by atoms with Crippen molar-refractivity contribution in [3.05, 3.63) is 82.4 Å². The van der Waals surface area contributed by atoms with E-state index in [4.69, 9.17) is 21.1 Å². The van der Waals surface area contributed by atoms with Gasteiger partial charge in [0.05, 0.1) is 10.6 Å². The summed E-state index contributed by atoms with van der Waals surface area (Å²) >= 11 is 5.52. The maximum absolute atomic E-state index is 14.4. The SMILES string of the molecule is CNC(=O)c1cc(Oc2ccc(CNC(=O)Oc3ccc(Cl)c(C(F)(F)F)c3)c(F)c2)ccn1. The number of pyridine rings is 1. The molecule has 2 amide bonds. The highest BCUT2D eigenvalue weighted by Gasteiger charge is 2.33. The van der Waals surface area contributed by atoms with Crippen molar-refractivity contribution >= 4 is 23.6 Å². The Morgan fingerprint density at radius 3 is 2.41 bits per heavy atom. The molecule has 0 aliphatic carbocycles. The number of carbonyl (C=O) groups is 2. The second-order valence-corrected chi connectivity index (χ2v) is 7.10. The number of hydrogen-bond donors (Lipinski definition) is 2. The van der Waals surface area contributed by atoms with E-state index in [9.17, 15) is 27.2 Å². The van der Waals surface area contributed by atoms with E-state index in [0.717, 1.165) is 18.2 Å². The molecule has 0 saturated heterocycles. The first-order chi connectivity index (χ1) is 16.1. The quantitative estimate of drug-likeness (QED) is 0.449. The van der Waals surface area contributed by atoms with E-state index in [1.54, 1.807) is 0 Å². The first kappa shape index (κ1) is 24.8. The number of benzene rings is 2. The van der Waals surface area contributed by atoms with Crippen molar-refractivity contribution < 1.29 is 36.6 Å². The van der Waals surface area contributed by atoms with Crippen LogP contribution in [-0.2, 0) is 12.7 Å². The standard InChI is InChI=1S/C22H16ClF4N3O4/c1-28-20(31)19-10-15(6-7-29-19)33-14-3-2-12(18(24)9-14)11-30-21(32)34-13-4-5-17(23)16(8-13)22(25,26)27/h2-10H,11H2,1H3,(H,28,31)(H,30,32). The molecule has 0 spiro atoms. The highest BCUT2D eigenvalue weighted by Crippen LogP contribution is 2.36. The molecule has 0 radical (unpaired) electrons. The van der Waals surface area contributed by atoms with Gasteiger partial charge < -0.3 is 20.1 Å². The largest absolute Gasteiger partial charge is 0.457 e. The Labute approximate surface area is 195 Å². The number of hydrogen-bond acceptors (Lipinski definition) is 5. The Balaban J connectivity index is 1.61. The Morgan fingerprint density at radius 2 is 1.74 bits per heavy atom. The summed E-state index contributed by atoms with van der Waals surface area (Å²) in [5.41, 5.74) is -0.974. The van der Waals surface area contributed by atoms with Crippen molar-refractivity contribution in [2.24, 2.45) is 0 Å². The van der Waals surface area contributed by atoms with Crippen LogP contribution in [0.4, 0.5) is 22.4 Å². The van der Waals surface area contributed by atoms with Crippen LogP contribution in [0.1, 0.15) is 21.6 Å². The van der Waals surface area contributed by atoms with Crippen LogP contribution in [-0.4, -0.2) is 24.0 Å². The van der Waals surface area contributed by atoms with Gasteiger partial charge >= 0.3 is 12.3 Å². The van der Waals surface area contributed by atoms with Crippen LogP contribution in [0.15, 0.2) is 54.7 Å². The monoisotopic (exact) mass is 497 g/mol. The average Bonchev–Trinajstić information content (AvgIpc) is 2.78. The number of alkyl halides is 3. The highest BCUT2D eigenvalue weighted by molar-refractivity contribution is 6.31. The summed E-state index contributed by atoms with van der Waals surface area (Å²) in [5, 5.41) is 4.13. The maximum atomic E-state index is 14.4. The molecule has 0 aliphatic heterocycles. The van der Waals surface area contributed by atoms with Gasteiger partial charge in [0.2, 0.25) is 0 Å². The number of halogens is 5. The van der Waals surface area contributed by atoms with E-state index in [-0.39, 0.29) is 35.1 Å². The number of carbonyl (C=O) groups excluding carboxylic acids is 2. The van der Waals surface area contributed by atoms with Gasteiger partial charge in [0.1, 0.15) is 28.8 Å². The van der Waals surface area contributed by atoms with Gasteiger partial charge in [-0.25, -0.2) is 9.18 Å². The van der Waals surface area contributed by atoms with Gasteiger partial charge in [0.25, 0.3) is 5.91 Å². The molecule has 1 aromatic heterocycles. The molecule has 0 atom stereocenters. The van der Waals surface area contributed by atoms with Gasteiger partial charge in [-0.2, -0.15) is 13.2 Å². The summed E-state index contributed by atoms with van der Waals surface area (Å²) in [4.78, 5) is 27.5. The first-order valence-corrected chi connectivity index (χ1v) is 9.91. The van der Waals surface area contributed by atoms with Crippen molar-refractivity contribution in [3.8, 4) is 17.2 Å². The molecule has 0 bridgehead atoms. The number of rotatable bonds is 6. The fourth-order valence-corrected chi connectivity index (χ4v) is 2.92. The van der Waals surface area contributed by atoms with Gasteiger partial charge in [-0.15, -0.1) is 0 Å². The summed E-state index contributed by atoms with van der Waals surface area (Å²) in [6.45, 7) is -0.305. The van der Waals surface area contributed by atoms with Crippen molar-refractivity contribution in [1.82, 2.24) is 15.6 Å². The van der Waals surface area contributed by atoms with E-state index in [2.05, 4.69) is 15.6 Å². The van der Waals surface area contributed by atoms with Gasteiger partial charge in [0, 0.05) is 37.5 Å². The Bertz CT molecular complexity index is 1220. The number of nitrogens with zero attached hydrogens (tertiary/aromatic N) is 1. The van der Waals surface area contributed by atoms with E-state index >= 15 is 0 Å². The summed E-state index contributed by atoms with van der Waals surface area (Å²) in [5.74, 6) is -1.14. The first-order valence-electron chi connectivity index (χ1n) is 9.53. The summed E-state index contributed by atoms with van der Waals surface area (Å²) < 4.78 is 63.5. The van der Waals surface area contributed by atoms with Crippen LogP contribution in [0.5, 0.6) is 17.2 Å². The molecule has 0 saturated carbocycles. The molecule has 7 nitrogen and oxygen atoms in total. The zero-order valence-electron chi connectivity index (χ0n) is 17.4. The Hall–Kier alpha value is -3.86. The molecule has 34 heavy (non-hydrogen) atoms. The minimum Gasteiger partial charge on any atom is -0.457 e. The Kier molecular flexibility index (Phi) is 7.57. The zero-order valence-corrected chi connectivity index (χ0v) is 18.1. The van der Waals surface area contributed by atoms with Gasteiger partial charge in [-0.05, 0) is 30.3 Å². The molecule has 0 aliphatic rings. The molecular weight excluding hydrogens is 482 g/mol.